The van der Waals surface area contributed by atoms with Gasteiger partial charge in [0.15, 0.2) is 0 Å². The van der Waals surface area contributed by atoms with Crippen LogP contribution in [-0.2, 0) is 0 Å². The summed E-state index contributed by atoms with van der Waals surface area (Å²) in [7, 11) is 0. The van der Waals surface area contributed by atoms with E-state index in [4.69, 9.17) is 11.8 Å². The molecule has 0 aliphatic carbocycles. The quantitative estimate of drug-likeness (QED) is 0.606. The molecule has 1 nitrogen and oxygen atoms in total. The second kappa shape index (κ2) is 7.36. The molecule has 0 unspecified atom stereocenters. The van der Waals surface area contributed by atoms with Crippen LogP contribution in [0.25, 0.3) is 0 Å². The predicted molar refractivity (Wildman–Crippen MR) is 77.7 cm³/mol. The molecule has 0 fully saturated rings. The number of hydrogen-bond donors (Lipinski definition) is 1. The number of rotatable bonds is 6. The van der Waals surface area contributed by atoms with Crippen molar-refractivity contribution >= 4 is 11.8 Å². The molecule has 0 saturated carbocycles. The Labute approximate surface area is 122 Å². The lowest BCUT2D eigenvalue weighted by Gasteiger charge is -2.18. The lowest BCUT2D eigenvalue weighted by molar-refractivity contribution is 0.617. The highest BCUT2D eigenvalue weighted by atomic mass is 35.5. The van der Waals surface area contributed by atoms with Crippen LogP contribution >= 0.6 is 11.8 Å². The highest BCUT2D eigenvalue weighted by Gasteiger charge is 2.14. The first-order valence-corrected chi connectivity index (χ1v) is 6.93. The van der Waals surface area contributed by atoms with Gasteiger partial charge in [0.2, 0.25) is 0 Å². The Kier molecular flexibility index (Phi) is 5.50. The summed E-state index contributed by atoms with van der Waals surface area (Å²) < 4.78 is 26.1. The van der Waals surface area contributed by atoms with Crippen LogP contribution in [0.5, 0.6) is 0 Å². The van der Waals surface area contributed by atoms with Gasteiger partial charge in [0.1, 0.15) is 11.6 Å². The van der Waals surface area contributed by atoms with Crippen LogP contribution in [0, 0.1) is 11.6 Å². The van der Waals surface area contributed by atoms with Crippen LogP contribution < -0.4 is 4.84 Å². The first-order valence-electron chi connectivity index (χ1n) is 6.55. The Bertz CT molecular complexity index is 480. The molecule has 0 atom stereocenters. The largest absolute Gasteiger partial charge is 0.234 e. The zero-order valence-corrected chi connectivity index (χ0v) is 11.7. The molecular weight excluding hydrogens is 280 g/mol. The van der Waals surface area contributed by atoms with Crippen molar-refractivity contribution in [3.05, 3.63) is 71.3 Å². The Balaban J connectivity index is 2.23. The normalized spacial score (nSPS) is 11.0. The summed E-state index contributed by atoms with van der Waals surface area (Å²) in [5.41, 5.74) is 2.04. The van der Waals surface area contributed by atoms with Crippen molar-refractivity contribution in [1.29, 1.82) is 0 Å². The molecule has 0 bridgehead atoms. The van der Waals surface area contributed by atoms with Gasteiger partial charge in [-0.15, -0.1) is 0 Å². The molecule has 106 valence electrons. The van der Waals surface area contributed by atoms with Gasteiger partial charge in [-0.2, -0.15) is 0 Å². The maximum Gasteiger partial charge on any atom is 0.123 e. The third-order valence-electron chi connectivity index (χ3n) is 3.31. The number of halogens is 3. The van der Waals surface area contributed by atoms with E-state index in [1.54, 1.807) is 24.3 Å². The summed E-state index contributed by atoms with van der Waals surface area (Å²) >= 11 is 5.47. The number of hydrogen-bond acceptors (Lipinski definition) is 1. The Morgan fingerprint density at radius 2 is 1.30 bits per heavy atom. The van der Waals surface area contributed by atoms with E-state index in [9.17, 15) is 8.78 Å². The maximum absolute atomic E-state index is 13.0. The van der Waals surface area contributed by atoms with Crippen molar-refractivity contribution in [2.45, 2.75) is 18.8 Å². The molecule has 1 N–H and O–H groups in total. The van der Waals surface area contributed by atoms with Crippen LogP contribution in [-0.4, -0.2) is 6.54 Å². The zero-order valence-electron chi connectivity index (χ0n) is 11.0. The SMILES string of the molecule is Fc1ccc(C(CCCNCl)c2ccc(F)cc2)cc1. The Hall–Kier alpha value is -1.45. The molecular formula is C16H16ClF2N. The van der Waals surface area contributed by atoms with Crippen LogP contribution in [0.2, 0.25) is 0 Å². The minimum atomic E-state index is -0.256. The van der Waals surface area contributed by atoms with E-state index in [1.165, 1.54) is 24.3 Å². The van der Waals surface area contributed by atoms with Crippen molar-refractivity contribution < 1.29 is 8.78 Å². The minimum absolute atomic E-state index is 0.112. The highest BCUT2D eigenvalue weighted by molar-refractivity contribution is 6.13. The fraction of sp³-hybridized carbons (Fsp3) is 0.250. The molecule has 2 aromatic carbocycles. The third-order valence-corrected chi connectivity index (χ3v) is 3.50. The molecule has 20 heavy (non-hydrogen) atoms. The molecule has 0 radical (unpaired) electrons. The van der Waals surface area contributed by atoms with Crippen LogP contribution in [0.1, 0.15) is 29.9 Å². The van der Waals surface area contributed by atoms with Crippen molar-refractivity contribution in [2.24, 2.45) is 0 Å². The monoisotopic (exact) mass is 295 g/mol. The van der Waals surface area contributed by atoms with Gasteiger partial charge in [0.25, 0.3) is 0 Å². The van der Waals surface area contributed by atoms with E-state index in [-0.39, 0.29) is 17.6 Å². The average Bonchev–Trinajstić information content (AvgIpc) is 2.46. The van der Waals surface area contributed by atoms with Gasteiger partial charge >= 0.3 is 0 Å². The smallest absolute Gasteiger partial charge is 0.123 e. The first kappa shape index (κ1) is 14.9. The fourth-order valence-electron chi connectivity index (χ4n) is 2.29. The summed E-state index contributed by atoms with van der Waals surface area (Å²) in [5, 5.41) is 0. The summed E-state index contributed by atoms with van der Waals surface area (Å²) in [4.78, 5) is 2.60. The molecule has 0 aliphatic heterocycles. The van der Waals surface area contributed by atoms with Crippen molar-refractivity contribution in [3.8, 4) is 0 Å². The van der Waals surface area contributed by atoms with E-state index in [2.05, 4.69) is 4.84 Å². The summed E-state index contributed by atoms with van der Waals surface area (Å²) in [5.74, 6) is -0.399. The van der Waals surface area contributed by atoms with Crippen molar-refractivity contribution in [2.75, 3.05) is 6.54 Å². The van der Waals surface area contributed by atoms with E-state index in [1.807, 2.05) is 0 Å². The van der Waals surface area contributed by atoms with E-state index in [0.717, 1.165) is 24.0 Å². The molecule has 0 spiro atoms. The van der Waals surface area contributed by atoms with Crippen LogP contribution in [0.3, 0.4) is 0 Å². The van der Waals surface area contributed by atoms with Gasteiger partial charge in [-0.25, -0.2) is 13.6 Å². The number of benzene rings is 2. The number of nitrogens with one attached hydrogen (secondary N) is 1. The standard InChI is InChI=1S/C16H16ClF2N/c17-20-11-1-2-16(12-3-7-14(18)8-4-12)13-5-9-15(19)10-6-13/h3-10,16,20H,1-2,11H2. The van der Waals surface area contributed by atoms with E-state index >= 15 is 0 Å². The molecule has 2 rings (SSSR count). The molecule has 0 amide bonds. The van der Waals surface area contributed by atoms with Crippen molar-refractivity contribution in [3.63, 3.8) is 0 Å². The van der Waals surface area contributed by atoms with Gasteiger partial charge in [-0.3, -0.25) is 0 Å². The van der Waals surface area contributed by atoms with Gasteiger partial charge in [-0.1, -0.05) is 24.3 Å². The average molecular weight is 296 g/mol. The molecule has 0 aromatic heterocycles. The molecule has 0 aliphatic rings. The molecule has 0 heterocycles. The second-order valence-electron chi connectivity index (χ2n) is 4.68. The highest BCUT2D eigenvalue weighted by Crippen LogP contribution is 2.29. The summed E-state index contributed by atoms with van der Waals surface area (Å²) in [6.07, 6.45) is 1.74. The minimum Gasteiger partial charge on any atom is -0.234 e. The van der Waals surface area contributed by atoms with Gasteiger partial charge in [0.05, 0.1) is 0 Å². The fourth-order valence-corrected chi connectivity index (χ4v) is 2.42. The van der Waals surface area contributed by atoms with E-state index in [0.29, 0.717) is 6.54 Å². The Morgan fingerprint density at radius 1 is 0.850 bits per heavy atom. The summed E-state index contributed by atoms with van der Waals surface area (Å²) in [6, 6.07) is 12.9. The van der Waals surface area contributed by atoms with Crippen LogP contribution in [0.4, 0.5) is 8.78 Å². The summed E-state index contributed by atoms with van der Waals surface area (Å²) in [6.45, 7) is 0.695. The van der Waals surface area contributed by atoms with Crippen molar-refractivity contribution in [1.82, 2.24) is 4.84 Å². The van der Waals surface area contributed by atoms with Gasteiger partial charge in [-0.05, 0) is 60.0 Å². The van der Waals surface area contributed by atoms with Crippen LogP contribution in [0.15, 0.2) is 48.5 Å². The van der Waals surface area contributed by atoms with Gasteiger partial charge < -0.3 is 0 Å². The third kappa shape index (κ3) is 4.02. The zero-order chi connectivity index (χ0) is 14.4. The maximum atomic E-state index is 13.0. The molecule has 0 saturated heterocycles. The molecule has 2 aromatic rings. The first-order chi connectivity index (χ1) is 9.70. The topological polar surface area (TPSA) is 12.0 Å². The second-order valence-corrected chi connectivity index (χ2v) is 4.95. The Morgan fingerprint density at radius 3 is 1.70 bits per heavy atom. The predicted octanol–water partition coefficient (Wildman–Crippen LogP) is 4.62. The van der Waals surface area contributed by atoms with E-state index < -0.39 is 0 Å². The lowest BCUT2D eigenvalue weighted by Crippen LogP contribution is -2.07. The molecule has 4 heteroatoms. The lowest BCUT2D eigenvalue weighted by atomic mass is 9.87. The van der Waals surface area contributed by atoms with Gasteiger partial charge in [0, 0.05) is 12.5 Å².